The lowest BCUT2D eigenvalue weighted by Gasteiger charge is -2.27. The van der Waals surface area contributed by atoms with Crippen LogP contribution in [0.3, 0.4) is 0 Å². The van der Waals surface area contributed by atoms with Crippen LogP contribution in [0.15, 0.2) is 61.1 Å². The third-order valence-electron chi connectivity index (χ3n) is 5.86. The van der Waals surface area contributed by atoms with Crippen LogP contribution in [0, 0.1) is 0 Å². The van der Waals surface area contributed by atoms with Crippen molar-refractivity contribution in [3.05, 3.63) is 72.2 Å². The van der Waals surface area contributed by atoms with Crippen molar-refractivity contribution < 1.29 is 14.6 Å². The predicted octanol–water partition coefficient (Wildman–Crippen LogP) is 4.91. The van der Waals surface area contributed by atoms with Gasteiger partial charge >= 0.3 is 5.97 Å². The summed E-state index contributed by atoms with van der Waals surface area (Å²) in [5.74, 6) is 0.128. The highest BCUT2D eigenvalue weighted by Gasteiger charge is 2.22. The third kappa shape index (κ3) is 4.27. The van der Waals surface area contributed by atoms with E-state index in [1.165, 1.54) is 17.3 Å². The molecule has 0 aliphatic heterocycles. The second-order valence-electron chi connectivity index (χ2n) is 8.05. The van der Waals surface area contributed by atoms with Crippen molar-refractivity contribution in [1.29, 1.82) is 0 Å². The van der Waals surface area contributed by atoms with Gasteiger partial charge in [-0.1, -0.05) is 12.1 Å². The molecular formula is C25H24N4O3. The molecule has 2 aromatic carbocycles. The van der Waals surface area contributed by atoms with Gasteiger partial charge in [0.1, 0.15) is 23.5 Å². The Morgan fingerprint density at radius 1 is 1.12 bits per heavy atom. The number of anilines is 1. The number of benzene rings is 2. The summed E-state index contributed by atoms with van der Waals surface area (Å²) < 4.78 is 5.93. The Morgan fingerprint density at radius 2 is 2.03 bits per heavy atom. The van der Waals surface area contributed by atoms with Gasteiger partial charge in [0.2, 0.25) is 0 Å². The molecule has 7 heteroatoms. The summed E-state index contributed by atoms with van der Waals surface area (Å²) in [5, 5.41) is 14.1. The maximum absolute atomic E-state index is 11.6. The first-order chi connectivity index (χ1) is 15.7. The first-order valence-electron chi connectivity index (χ1n) is 10.8. The van der Waals surface area contributed by atoms with Crippen molar-refractivity contribution in [2.24, 2.45) is 0 Å². The Morgan fingerprint density at radius 3 is 2.84 bits per heavy atom. The molecule has 2 aromatic heterocycles. The average molecular weight is 428 g/mol. The predicted molar refractivity (Wildman–Crippen MR) is 123 cm³/mol. The molecule has 4 aromatic rings. The van der Waals surface area contributed by atoms with Gasteiger partial charge in [-0.2, -0.15) is 0 Å². The fraction of sp³-hybridized carbons (Fsp3) is 0.240. The minimum atomic E-state index is -0.992. The number of nitrogens with zero attached hydrogens (tertiary/aromatic N) is 2. The van der Waals surface area contributed by atoms with E-state index in [4.69, 9.17) is 4.74 Å². The van der Waals surface area contributed by atoms with Crippen molar-refractivity contribution in [2.45, 2.75) is 31.8 Å². The molecule has 162 valence electrons. The van der Waals surface area contributed by atoms with E-state index in [-0.39, 0.29) is 11.7 Å². The molecule has 0 saturated heterocycles. The number of rotatable bonds is 8. The first kappa shape index (κ1) is 20.1. The highest BCUT2D eigenvalue weighted by molar-refractivity contribution is 5.92. The summed E-state index contributed by atoms with van der Waals surface area (Å²) in [5.41, 5.74) is 4.07. The second kappa shape index (κ2) is 8.70. The molecule has 1 fully saturated rings. The topological polar surface area (TPSA) is 100 Å². The maximum atomic E-state index is 11.6. The lowest BCUT2D eigenvalue weighted by molar-refractivity contribution is 0.0680. The molecule has 0 atom stereocenters. The fourth-order valence-electron chi connectivity index (χ4n) is 3.83. The van der Waals surface area contributed by atoms with Gasteiger partial charge < -0.3 is 20.1 Å². The summed E-state index contributed by atoms with van der Waals surface area (Å²) in [6, 6.07) is 15.5. The van der Waals surface area contributed by atoms with Gasteiger partial charge in [0.15, 0.2) is 0 Å². The van der Waals surface area contributed by atoms with Crippen molar-refractivity contribution in [3.8, 4) is 17.0 Å². The molecule has 0 bridgehead atoms. The SMILES string of the molecule is O=C(O)c1ccc(-c2cc(NCCc3ccc4[nH]ccc4c3)ncn2)cc1OC1CCC1. The van der Waals surface area contributed by atoms with E-state index in [0.717, 1.165) is 49.1 Å². The Hall–Kier alpha value is -3.87. The monoisotopic (exact) mass is 428 g/mol. The van der Waals surface area contributed by atoms with E-state index in [2.05, 4.69) is 44.5 Å². The number of H-pyrrole nitrogens is 1. The molecule has 2 heterocycles. The summed E-state index contributed by atoms with van der Waals surface area (Å²) in [6.07, 6.45) is 7.46. The van der Waals surface area contributed by atoms with Crippen molar-refractivity contribution >= 4 is 22.7 Å². The number of ether oxygens (including phenoxy) is 1. The smallest absolute Gasteiger partial charge is 0.339 e. The number of aromatic nitrogens is 3. The van der Waals surface area contributed by atoms with E-state index in [1.807, 2.05) is 12.3 Å². The number of carbonyl (C=O) groups is 1. The highest BCUT2D eigenvalue weighted by atomic mass is 16.5. The molecule has 0 radical (unpaired) electrons. The fourth-order valence-corrected chi connectivity index (χ4v) is 3.83. The number of fused-ring (bicyclic) bond motifs is 1. The third-order valence-corrected chi connectivity index (χ3v) is 5.86. The van der Waals surface area contributed by atoms with Crippen LogP contribution in [-0.4, -0.2) is 38.7 Å². The van der Waals surface area contributed by atoms with Gasteiger partial charge in [-0.3, -0.25) is 0 Å². The van der Waals surface area contributed by atoms with Gasteiger partial charge in [-0.25, -0.2) is 14.8 Å². The molecule has 3 N–H and O–H groups in total. The van der Waals surface area contributed by atoms with Crippen LogP contribution in [0.1, 0.15) is 35.2 Å². The summed E-state index contributed by atoms with van der Waals surface area (Å²) in [4.78, 5) is 23.5. The molecule has 5 rings (SSSR count). The molecule has 1 aliphatic rings. The minimum absolute atomic E-state index is 0.0939. The zero-order chi connectivity index (χ0) is 21.9. The number of aromatic carboxylic acids is 1. The number of hydrogen-bond acceptors (Lipinski definition) is 5. The highest BCUT2D eigenvalue weighted by Crippen LogP contribution is 2.31. The number of nitrogens with one attached hydrogen (secondary N) is 2. The summed E-state index contributed by atoms with van der Waals surface area (Å²) >= 11 is 0. The van der Waals surface area contributed by atoms with Gasteiger partial charge in [0.25, 0.3) is 0 Å². The largest absolute Gasteiger partial charge is 0.490 e. The number of aromatic amines is 1. The normalized spacial score (nSPS) is 13.6. The number of hydrogen-bond donors (Lipinski definition) is 3. The van der Waals surface area contributed by atoms with E-state index < -0.39 is 5.97 Å². The second-order valence-corrected chi connectivity index (χ2v) is 8.05. The van der Waals surface area contributed by atoms with Crippen LogP contribution < -0.4 is 10.1 Å². The molecule has 0 unspecified atom stereocenters. The van der Waals surface area contributed by atoms with Gasteiger partial charge in [0.05, 0.1) is 11.8 Å². The molecule has 1 saturated carbocycles. The average Bonchev–Trinajstić information content (AvgIpc) is 3.24. The summed E-state index contributed by atoms with van der Waals surface area (Å²) in [7, 11) is 0. The molecule has 32 heavy (non-hydrogen) atoms. The molecule has 7 nitrogen and oxygen atoms in total. The Kier molecular flexibility index (Phi) is 5.46. The van der Waals surface area contributed by atoms with Crippen molar-refractivity contribution in [1.82, 2.24) is 15.0 Å². The van der Waals surface area contributed by atoms with Gasteiger partial charge in [0, 0.05) is 29.9 Å². The Labute approximate surface area is 185 Å². The van der Waals surface area contributed by atoms with Crippen LogP contribution >= 0.6 is 0 Å². The quantitative estimate of drug-likeness (QED) is 0.369. The van der Waals surface area contributed by atoms with Crippen LogP contribution in [0.4, 0.5) is 5.82 Å². The lowest BCUT2D eigenvalue weighted by atomic mass is 9.96. The Balaban J connectivity index is 1.29. The van der Waals surface area contributed by atoms with Crippen LogP contribution in [0.2, 0.25) is 0 Å². The number of carboxylic acid groups (broad SMARTS) is 1. The molecule has 0 amide bonds. The Bertz CT molecular complexity index is 1260. The van der Waals surface area contributed by atoms with E-state index in [1.54, 1.807) is 18.2 Å². The summed E-state index contributed by atoms with van der Waals surface area (Å²) in [6.45, 7) is 0.736. The number of carboxylic acids is 1. The molecular weight excluding hydrogens is 404 g/mol. The maximum Gasteiger partial charge on any atom is 0.339 e. The van der Waals surface area contributed by atoms with Gasteiger partial charge in [-0.05, 0) is 67.0 Å². The minimum Gasteiger partial charge on any atom is -0.490 e. The molecule has 0 spiro atoms. The van der Waals surface area contributed by atoms with Crippen molar-refractivity contribution in [3.63, 3.8) is 0 Å². The zero-order valence-corrected chi connectivity index (χ0v) is 17.5. The molecule has 1 aliphatic carbocycles. The first-order valence-corrected chi connectivity index (χ1v) is 10.8. The lowest BCUT2D eigenvalue weighted by Crippen LogP contribution is -2.25. The van der Waals surface area contributed by atoms with E-state index in [9.17, 15) is 9.90 Å². The van der Waals surface area contributed by atoms with Crippen LogP contribution in [-0.2, 0) is 6.42 Å². The van der Waals surface area contributed by atoms with Gasteiger partial charge in [-0.15, -0.1) is 0 Å². The van der Waals surface area contributed by atoms with Crippen LogP contribution in [0.25, 0.3) is 22.2 Å². The standard InChI is InChI=1S/C25H24N4O3/c30-25(31)20-6-5-17(13-23(20)32-19-2-1-3-19)22-14-24(29-15-28-22)27-10-8-16-4-7-21-18(12-16)9-11-26-21/h4-7,9,11-15,19,26H,1-3,8,10H2,(H,30,31)(H,27,28,29). The van der Waals surface area contributed by atoms with E-state index >= 15 is 0 Å². The van der Waals surface area contributed by atoms with Crippen LogP contribution in [0.5, 0.6) is 5.75 Å². The van der Waals surface area contributed by atoms with Crippen molar-refractivity contribution in [2.75, 3.05) is 11.9 Å². The van der Waals surface area contributed by atoms with E-state index in [0.29, 0.717) is 11.4 Å². The zero-order valence-electron chi connectivity index (χ0n) is 17.5.